The number of hydrogen-bond donors (Lipinski definition) is 4. The van der Waals surface area contributed by atoms with Crippen LogP contribution in [-0.2, 0) is 15.0 Å². The largest absolute Gasteiger partial charge is 0.481 e. The van der Waals surface area contributed by atoms with Crippen LogP contribution in [0.15, 0.2) is 42.5 Å². The van der Waals surface area contributed by atoms with Crippen molar-refractivity contribution in [2.75, 3.05) is 0 Å². The van der Waals surface area contributed by atoms with E-state index >= 15 is 0 Å². The molecule has 1 aromatic carbocycles. The Kier molecular flexibility index (Phi) is 4.23. The van der Waals surface area contributed by atoms with Crippen LogP contribution in [0.4, 0.5) is 0 Å². The van der Waals surface area contributed by atoms with E-state index < -0.39 is 51.9 Å². The van der Waals surface area contributed by atoms with E-state index in [0.717, 1.165) is 24.3 Å². The Morgan fingerprint density at radius 1 is 0.917 bits per heavy atom. The summed E-state index contributed by atoms with van der Waals surface area (Å²) in [5.41, 5.74) is -4.01. The van der Waals surface area contributed by atoms with Crippen LogP contribution in [-0.4, -0.2) is 44.3 Å². The molecule has 4 N–H and O–H groups in total. The molecule has 2 unspecified atom stereocenters. The molecular weight excluding hydrogens is 320 g/mol. The average molecular weight is 332 g/mol. The monoisotopic (exact) mass is 332 g/mol. The number of allylic oxidation sites excluding steroid dienone is 2. The molecule has 2 rings (SSSR count). The number of carboxylic acid groups (broad SMARTS) is 4. The number of benzene rings is 1. The van der Waals surface area contributed by atoms with Gasteiger partial charge in [-0.2, -0.15) is 0 Å². The quantitative estimate of drug-likeness (QED) is 0.629. The molecule has 0 fully saturated rings. The van der Waals surface area contributed by atoms with E-state index in [1.165, 1.54) is 18.2 Å². The van der Waals surface area contributed by atoms with E-state index in [4.69, 9.17) is 0 Å². The highest BCUT2D eigenvalue weighted by Gasteiger charge is 2.51. The third-order valence-electron chi connectivity index (χ3n) is 3.84. The standard InChI is InChI=1S/C16H12O8/c17-12(18)8-4-3-6-9(11(8)14(21)22)16(15(23)24)7-2-1-5-10(16)13(19)20/h1-7,10H,(H,17,18)(H,19,20)(H,21,22)(H,23,24). The van der Waals surface area contributed by atoms with Crippen LogP contribution in [0.25, 0.3) is 0 Å². The first-order valence-corrected chi connectivity index (χ1v) is 6.65. The Bertz CT molecular complexity index is 804. The lowest BCUT2D eigenvalue weighted by Gasteiger charge is -2.33. The van der Waals surface area contributed by atoms with Crippen LogP contribution in [0.5, 0.6) is 0 Å². The van der Waals surface area contributed by atoms with Crippen LogP contribution < -0.4 is 0 Å². The second kappa shape index (κ2) is 5.99. The molecule has 24 heavy (non-hydrogen) atoms. The molecule has 0 heterocycles. The molecule has 1 aromatic rings. The van der Waals surface area contributed by atoms with Crippen LogP contribution in [0.1, 0.15) is 26.3 Å². The molecule has 0 amide bonds. The molecule has 0 aliphatic heterocycles. The molecule has 0 aromatic heterocycles. The first-order chi connectivity index (χ1) is 11.2. The van der Waals surface area contributed by atoms with Gasteiger partial charge in [0.2, 0.25) is 0 Å². The number of aromatic carboxylic acids is 2. The maximum atomic E-state index is 12.0. The fourth-order valence-corrected chi connectivity index (χ4v) is 2.80. The van der Waals surface area contributed by atoms with Gasteiger partial charge < -0.3 is 20.4 Å². The third-order valence-corrected chi connectivity index (χ3v) is 3.84. The lowest BCUT2D eigenvalue weighted by atomic mass is 9.66. The average Bonchev–Trinajstić information content (AvgIpc) is 2.53. The summed E-state index contributed by atoms with van der Waals surface area (Å²) in [5, 5.41) is 37.7. The Morgan fingerprint density at radius 3 is 2.08 bits per heavy atom. The second-order valence-electron chi connectivity index (χ2n) is 5.07. The van der Waals surface area contributed by atoms with Crippen molar-refractivity contribution >= 4 is 23.9 Å². The fraction of sp³-hybridized carbons (Fsp3) is 0.125. The Hall–Kier alpha value is -3.42. The summed E-state index contributed by atoms with van der Waals surface area (Å²) >= 11 is 0. The summed E-state index contributed by atoms with van der Waals surface area (Å²) in [7, 11) is 0. The molecule has 0 saturated carbocycles. The van der Waals surface area contributed by atoms with Gasteiger partial charge in [0.1, 0.15) is 5.41 Å². The zero-order valence-electron chi connectivity index (χ0n) is 12.0. The van der Waals surface area contributed by atoms with Crippen molar-refractivity contribution in [2.24, 2.45) is 5.92 Å². The van der Waals surface area contributed by atoms with Crippen molar-refractivity contribution in [1.82, 2.24) is 0 Å². The molecule has 8 heteroatoms. The summed E-state index contributed by atoms with van der Waals surface area (Å²) < 4.78 is 0. The van der Waals surface area contributed by atoms with E-state index in [-0.39, 0.29) is 0 Å². The topological polar surface area (TPSA) is 149 Å². The summed E-state index contributed by atoms with van der Waals surface area (Å²) in [6.07, 6.45) is 4.80. The molecule has 2 atom stereocenters. The van der Waals surface area contributed by atoms with E-state index in [1.807, 2.05) is 0 Å². The summed E-state index contributed by atoms with van der Waals surface area (Å²) in [6, 6.07) is 3.31. The maximum absolute atomic E-state index is 12.0. The SMILES string of the molecule is O=C(O)c1cccc(C2(C(=O)O)C=CC=CC2C(=O)O)c1C(=O)O. The molecule has 0 spiro atoms. The number of aliphatic carboxylic acids is 2. The van der Waals surface area contributed by atoms with Crippen molar-refractivity contribution in [1.29, 1.82) is 0 Å². The van der Waals surface area contributed by atoms with E-state index in [2.05, 4.69) is 0 Å². The van der Waals surface area contributed by atoms with Gasteiger partial charge in [-0.05, 0) is 11.6 Å². The van der Waals surface area contributed by atoms with E-state index in [0.29, 0.717) is 0 Å². The first kappa shape index (κ1) is 16.9. The Morgan fingerprint density at radius 2 is 1.58 bits per heavy atom. The normalized spacial score (nSPS) is 22.1. The van der Waals surface area contributed by atoms with Crippen molar-refractivity contribution < 1.29 is 39.6 Å². The Balaban J connectivity index is 2.91. The zero-order chi connectivity index (χ0) is 18.1. The van der Waals surface area contributed by atoms with Crippen molar-refractivity contribution in [3.05, 3.63) is 59.2 Å². The number of carboxylic acids is 4. The smallest absolute Gasteiger partial charge is 0.336 e. The van der Waals surface area contributed by atoms with Gasteiger partial charge in [0.25, 0.3) is 0 Å². The summed E-state index contributed by atoms with van der Waals surface area (Å²) in [6.45, 7) is 0. The molecule has 0 bridgehead atoms. The molecule has 1 aliphatic carbocycles. The molecule has 124 valence electrons. The predicted molar refractivity (Wildman–Crippen MR) is 79.1 cm³/mol. The molecule has 8 nitrogen and oxygen atoms in total. The van der Waals surface area contributed by atoms with Crippen LogP contribution in [0, 0.1) is 5.92 Å². The van der Waals surface area contributed by atoms with Crippen LogP contribution in [0.3, 0.4) is 0 Å². The number of carbonyl (C=O) groups is 4. The minimum atomic E-state index is -2.24. The molecule has 0 radical (unpaired) electrons. The zero-order valence-corrected chi connectivity index (χ0v) is 12.0. The summed E-state index contributed by atoms with van der Waals surface area (Å²) in [5.74, 6) is -7.88. The first-order valence-electron chi connectivity index (χ1n) is 6.65. The lowest BCUT2D eigenvalue weighted by molar-refractivity contribution is -0.152. The van der Waals surface area contributed by atoms with Gasteiger partial charge >= 0.3 is 23.9 Å². The third kappa shape index (κ3) is 2.43. The van der Waals surface area contributed by atoms with Crippen molar-refractivity contribution in [3.8, 4) is 0 Å². The number of rotatable bonds is 5. The predicted octanol–water partition coefficient (Wildman–Crippen LogP) is 1.23. The van der Waals surface area contributed by atoms with Gasteiger partial charge in [-0.15, -0.1) is 0 Å². The maximum Gasteiger partial charge on any atom is 0.336 e. The van der Waals surface area contributed by atoms with Crippen LogP contribution in [0.2, 0.25) is 0 Å². The number of hydrogen-bond acceptors (Lipinski definition) is 4. The van der Waals surface area contributed by atoms with Gasteiger partial charge in [0, 0.05) is 0 Å². The Labute approximate surface area is 135 Å². The highest BCUT2D eigenvalue weighted by Crippen LogP contribution is 2.40. The van der Waals surface area contributed by atoms with Crippen molar-refractivity contribution in [2.45, 2.75) is 5.41 Å². The molecular formula is C16H12O8. The highest BCUT2D eigenvalue weighted by atomic mass is 16.4. The fourth-order valence-electron chi connectivity index (χ4n) is 2.80. The van der Waals surface area contributed by atoms with E-state index in [1.54, 1.807) is 0 Å². The van der Waals surface area contributed by atoms with Gasteiger partial charge in [0.05, 0.1) is 17.0 Å². The highest BCUT2D eigenvalue weighted by molar-refractivity contribution is 6.05. The van der Waals surface area contributed by atoms with Gasteiger partial charge in [-0.25, -0.2) is 9.59 Å². The van der Waals surface area contributed by atoms with Gasteiger partial charge in [0.15, 0.2) is 0 Å². The minimum absolute atomic E-state index is 0.407. The van der Waals surface area contributed by atoms with E-state index in [9.17, 15) is 39.6 Å². The van der Waals surface area contributed by atoms with Crippen LogP contribution >= 0.6 is 0 Å². The second-order valence-corrected chi connectivity index (χ2v) is 5.07. The minimum Gasteiger partial charge on any atom is -0.481 e. The van der Waals surface area contributed by atoms with Gasteiger partial charge in [-0.3, -0.25) is 9.59 Å². The molecule has 1 aliphatic rings. The lowest BCUT2D eigenvalue weighted by Crippen LogP contribution is -2.46. The van der Waals surface area contributed by atoms with Gasteiger partial charge in [-0.1, -0.05) is 36.4 Å². The molecule has 0 saturated heterocycles. The van der Waals surface area contributed by atoms with Crippen molar-refractivity contribution in [3.63, 3.8) is 0 Å². The summed E-state index contributed by atoms with van der Waals surface area (Å²) in [4.78, 5) is 46.4.